The quantitative estimate of drug-likeness (QED) is 0.879. The highest BCUT2D eigenvalue weighted by Crippen LogP contribution is 2.60. The minimum absolute atomic E-state index is 0.108. The van der Waals surface area contributed by atoms with Crippen LogP contribution in [0.5, 0.6) is 0 Å². The molecule has 0 saturated heterocycles. The van der Waals surface area contributed by atoms with Gasteiger partial charge in [0, 0.05) is 0 Å². The SMILES string of the molecule is Cc1nc(NC(=O)C23CC4CC(CC(C4)C2)C3)sc1N. The average Bonchev–Trinajstić information content (AvgIpc) is 2.66. The van der Waals surface area contributed by atoms with Crippen molar-refractivity contribution in [3.63, 3.8) is 0 Å². The van der Waals surface area contributed by atoms with E-state index in [2.05, 4.69) is 10.3 Å². The lowest BCUT2D eigenvalue weighted by Gasteiger charge is -2.55. The molecule has 4 nitrogen and oxygen atoms in total. The molecule has 5 heteroatoms. The Labute approximate surface area is 123 Å². The Kier molecular flexibility index (Phi) is 2.65. The molecule has 4 aliphatic rings. The minimum Gasteiger partial charge on any atom is -0.389 e. The fraction of sp³-hybridized carbons (Fsp3) is 0.733. The number of nitrogens with zero attached hydrogens (tertiary/aromatic N) is 1. The second-order valence-corrected chi connectivity index (χ2v) is 8.15. The van der Waals surface area contributed by atoms with Crippen LogP contribution in [-0.4, -0.2) is 10.9 Å². The van der Waals surface area contributed by atoms with Crippen LogP contribution in [0.25, 0.3) is 0 Å². The van der Waals surface area contributed by atoms with Crippen molar-refractivity contribution >= 4 is 27.4 Å². The highest BCUT2D eigenvalue weighted by atomic mass is 32.1. The number of hydrogen-bond acceptors (Lipinski definition) is 4. The summed E-state index contributed by atoms with van der Waals surface area (Å²) in [5.41, 5.74) is 6.53. The number of carbonyl (C=O) groups excluding carboxylic acids is 1. The molecule has 0 aliphatic heterocycles. The normalized spacial score (nSPS) is 38.1. The number of nitrogen functional groups attached to an aromatic ring is 1. The molecule has 1 aromatic rings. The summed E-state index contributed by atoms with van der Waals surface area (Å²) in [4.78, 5) is 17.1. The van der Waals surface area contributed by atoms with Gasteiger partial charge in [-0.15, -0.1) is 0 Å². The highest BCUT2D eigenvalue weighted by molar-refractivity contribution is 7.19. The third-order valence-corrected chi connectivity index (χ3v) is 6.47. The first-order chi connectivity index (χ1) is 9.54. The predicted molar refractivity (Wildman–Crippen MR) is 80.5 cm³/mol. The van der Waals surface area contributed by atoms with E-state index in [1.54, 1.807) is 0 Å². The molecule has 5 rings (SSSR count). The average molecular weight is 291 g/mol. The summed E-state index contributed by atoms with van der Waals surface area (Å²) >= 11 is 1.38. The Morgan fingerprint density at radius 1 is 1.25 bits per heavy atom. The van der Waals surface area contributed by atoms with Crippen LogP contribution in [0.15, 0.2) is 0 Å². The molecule has 0 spiro atoms. The molecule has 1 amide bonds. The Morgan fingerprint density at radius 2 is 1.80 bits per heavy atom. The number of thiazole rings is 1. The number of hydrogen-bond donors (Lipinski definition) is 2. The molecule has 0 unspecified atom stereocenters. The summed E-state index contributed by atoms with van der Waals surface area (Å²) in [6, 6.07) is 0. The number of amides is 1. The molecule has 3 N–H and O–H groups in total. The van der Waals surface area contributed by atoms with Gasteiger partial charge in [0.2, 0.25) is 5.91 Å². The first-order valence-electron chi connectivity index (χ1n) is 7.58. The lowest BCUT2D eigenvalue weighted by Crippen LogP contribution is -2.51. The first-order valence-corrected chi connectivity index (χ1v) is 8.40. The van der Waals surface area contributed by atoms with Crippen molar-refractivity contribution in [3.8, 4) is 0 Å². The highest BCUT2D eigenvalue weighted by Gasteiger charge is 2.54. The molecule has 108 valence electrons. The lowest BCUT2D eigenvalue weighted by molar-refractivity contribution is -0.140. The molecular weight excluding hydrogens is 270 g/mol. The Hall–Kier alpha value is -1.10. The van der Waals surface area contributed by atoms with Gasteiger partial charge in [-0.05, 0) is 63.2 Å². The number of aryl methyl sites for hydroxylation is 1. The van der Waals surface area contributed by atoms with E-state index in [4.69, 9.17) is 5.73 Å². The van der Waals surface area contributed by atoms with E-state index in [9.17, 15) is 4.79 Å². The Morgan fingerprint density at radius 3 is 2.25 bits per heavy atom. The topological polar surface area (TPSA) is 68.0 Å². The van der Waals surface area contributed by atoms with E-state index < -0.39 is 0 Å². The van der Waals surface area contributed by atoms with E-state index in [1.807, 2.05) is 6.92 Å². The van der Waals surface area contributed by atoms with Crippen LogP contribution in [0.2, 0.25) is 0 Å². The molecule has 1 aromatic heterocycles. The largest absolute Gasteiger partial charge is 0.389 e. The van der Waals surface area contributed by atoms with Crippen LogP contribution in [0, 0.1) is 30.1 Å². The van der Waals surface area contributed by atoms with Crippen LogP contribution in [0.4, 0.5) is 10.1 Å². The number of anilines is 2. The first kappa shape index (κ1) is 12.6. The van der Waals surface area contributed by atoms with Gasteiger partial charge in [0.05, 0.1) is 11.1 Å². The molecule has 20 heavy (non-hydrogen) atoms. The van der Waals surface area contributed by atoms with Crippen LogP contribution in [0.1, 0.15) is 44.2 Å². The molecule has 4 saturated carbocycles. The lowest BCUT2D eigenvalue weighted by atomic mass is 9.49. The van der Waals surface area contributed by atoms with Crippen molar-refractivity contribution in [1.82, 2.24) is 4.98 Å². The van der Waals surface area contributed by atoms with Crippen molar-refractivity contribution in [2.75, 3.05) is 11.1 Å². The maximum atomic E-state index is 12.8. The van der Waals surface area contributed by atoms with Crippen molar-refractivity contribution < 1.29 is 4.79 Å². The Bertz CT molecular complexity index is 511. The molecule has 0 aromatic carbocycles. The molecule has 0 radical (unpaired) electrons. The second-order valence-electron chi connectivity index (χ2n) is 7.12. The van der Waals surface area contributed by atoms with Crippen molar-refractivity contribution in [3.05, 3.63) is 5.69 Å². The van der Waals surface area contributed by atoms with E-state index in [0.717, 1.165) is 42.7 Å². The fourth-order valence-electron chi connectivity index (χ4n) is 5.08. The molecule has 4 bridgehead atoms. The van der Waals surface area contributed by atoms with Crippen LogP contribution in [0.3, 0.4) is 0 Å². The van der Waals surface area contributed by atoms with Gasteiger partial charge in [-0.1, -0.05) is 11.3 Å². The van der Waals surface area contributed by atoms with Gasteiger partial charge in [0.15, 0.2) is 5.13 Å². The number of nitrogens with two attached hydrogens (primary N) is 1. The van der Waals surface area contributed by atoms with Crippen molar-refractivity contribution in [1.29, 1.82) is 0 Å². The monoisotopic (exact) mass is 291 g/mol. The third-order valence-electron chi connectivity index (χ3n) is 5.57. The molecule has 0 atom stereocenters. The summed E-state index contributed by atoms with van der Waals surface area (Å²) in [6.45, 7) is 1.88. The van der Waals surface area contributed by atoms with Gasteiger partial charge < -0.3 is 11.1 Å². The van der Waals surface area contributed by atoms with Crippen LogP contribution < -0.4 is 11.1 Å². The fourth-order valence-corrected chi connectivity index (χ4v) is 5.81. The number of nitrogens with one attached hydrogen (secondary N) is 1. The standard InChI is InChI=1S/C15H21N3OS/c1-8-12(16)20-14(17-8)18-13(19)15-5-9-2-10(6-15)4-11(3-9)7-15/h9-11H,2-7,16H2,1H3,(H,17,18,19). The summed E-state index contributed by atoms with van der Waals surface area (Å²) in [6.07, 6.45) is 7.33. The molecule has 1 heterocycles. The molecular formula is C15H21N3OS. The Balaban J connectivity index is 1.56. The zero-order chi connectivity index (χ0) is 13.9. The summed E-state index contributed by atoms with van der Waals surface area (Å²) < 4.78 is 0. The predicted octanol–water partition coefficient (Wildman–Crippen LogP) is 3.19. The number of aromatic nitrogens is 1. The van der Waals surface area contributed by atoms with Crippen molar-refractivity contribution in [2.45, 2.75) is 45.4 Å². The van der Waals surface area contributed by atoms with Gasteiger partial charge >= 0.3 is 0 Å². The van der Waals surface area contributed by atoms with E-state index in [-0.39, 0.29) is 11.3 Å². The van der Waals surface area contributed by atoms with Gasteiger partial charge in [-0.2, -0.15) is 0 Å². The van der Waals surface area contributed by atoms with Crippen LogP contribution >= 0.6 is 11.3 Å². The van der Waals surface area contributed by atoms with E-state index in [0.29, 0.717) is 10.1 Å². The summed E-state index contributed by atoms with van der Waals surface area (Å²) in [7, 11) is 0. The van der Waals surface area contributed by atoms with Gasteiger partial charge in [-0.3, -0.25) is 4.79 Å². The summed E-state index contributed by atoms with van der Waals surface area (Å²) in [5, 5.41) is 4.42. The molecule has 4 fully saturated rings. The summed E-state index contributed by atoms with van der Waals surface area (Å²) in [5.74, 6) is 2.56. The number of rotatable bonds is 2. The zero-order valence-electron chi connectivity index (χ0n) is 11.8. The van der Waals surface area contributed by atoms with Gasteiger partial charge in [0.1, 0.15) is 5.00 Å². The second kappa shape index (κ2) is 4.20. The zero-order valence-corrected chi connectivity index (χ0v) is 12.6. The maximum absolute atomic E-state index is 12.8. The van der Waals surface area contributed by atoms with Crippen LogP contribution in [-0.2, 0) is 4.79 Å². The van der Waals surface area contributed by atoms with E-state index >= 15 is 0 Å². The minimum atomic E-state index is -0.108. The third kappa shape index (κ3) is 1.86. The van der Waals surface area contributed by atoms with Crippen molar-refractivity contribution in [2.24, 2.45) is 23.2 Å². The number of carbonyl (C=O) groups is 1. The molecule has 4 aliphatic carbocycles. The smallest absolute Gasteiger partial charge is 0.232 e. The van der Waals surface area contributed by atoms with Gasteiger partial charge in [-0.25, -0.2) is 4.98 Å². The van der Waals surface area contributed by atoms with Gasteiger partial charge in [0.25, 0.3) is 0 Å². The van der Waals surface area contributed by atoms with E-state index in [1.165, 1.54) is 30.6 Å². The maximum Gasteiger partial charge on any atom is 0.232 e.